The van der Waals surface area contributed by atoms with Gasteiger partial charge in [0.1, 0.15) is 5.82 Å². The molecule has 5 nitrogen and oxygen atoms in total. The Morgan fingerprint density at radius 1 is 0.967 bits per heavy atom. The zero-order valence-electron chi connectivity index (χ0n) is 15.3. The first-order chi connectivity index (χ1) is 14.3. The van der Waals surface area contributed by atoms with Crippen molar-refractivity contribution < 1.29 is 18.8 Å². The van der Waals surface area contributed by atoms with Gasteiger partial charge in [-0.05, 0) is 54.1 Å². The lowest BCUT2D eigenvalue weighted by molar-refractivity contribution is -0.114. The van der Waals surface area contributed by atoms with Gasteiger partial charge in [-0.1, -0.05) is 35.3 Å². The summed E-state index contributed by atoms with van der Waals surface area (Å²) in [7, 11) is 0. The van der Waals surface area contributed by atoms with E-state index in [4.69, 9.17) is 23.2 Å². The minimum Gasteiger partial charge on any atom is -0.322 e. The molecule has 1 N–H and O–H groups in total. The molecule has 0 aliphatic carbocycles. The number of hydrogen-bond acceptors (Lipinski definition) is 3. The predicted molar refractivity (Wildman–Crippen MR) is 113 cm³/mol. The molecule has 0 atom stereocenters. The largest absolute Gasteiger partial charge is 0.322 e. The third-order valence-electron chi connectivity index (χ3n) is 4.64. The summed E-state index contributed by atoms with van der Waals surface area (Å²) in [4.78, 5) is 38.6. The van der Waals surface area contributed by atoms with Crippen molar-refractivity contribution in [3.05, 3.63) is 93.2 Å². The van der Waals surface area contributed by atoms with Gasteiger partial charge in [-0.25, -0.2) is 4.39 Å². The summed E-state index contributed by atoms with van der Waals surface area (Å²) < 4.78 is 13.3. The highest BCUT2D eigenvalue weighted by Crippen LogP contribution is 2.33. The van der Waals surface area contributed by atoms with Crippen molar-refractivity contribution in [2.24, 2.45) is 0 Å². The second-order valence-corrected chi connectivity index (χ2v) is 7.48. The lowest BCUT2D eigenvalue weighted by Gasteiger charge is -2.17. The first-order valence-electron chi connectivity index (χ1n) is 8.84. The summed E-state index contributed by atoms with van der Waals surface area (Å²) in [5.74, 6) is -2.41. The standard InChI is InChI=1S/C22H13Cl2FN2O3/c23-17-6-4-12(8-18(17)24)11-27-19-7-5-15(10-16(19)20(28)22(27)30)26-21(29)13-2-1-3-14(25)9-13/h1-10H,11H2,(H,26,29). The molecule has 1 aliphatic heterocycles. The molecule has 4 rings (SSSR count). The van der Waals surface area contributed by atoms with Crippen molar-refractivity contribution >= 4 is 52.2 Å². The van der Waals surface area contributed by atoms with Crippen LogP contribution in [0.2, 0.25) is 10.0 Å². The molecule has 0 bridgehead atoms. The number of nitrogens with zero attached hydrogens (tertiary/aromatic N) is 1. The van der Waals surface area contributed by atoms with Crippen LogP contribution < -0.4 is 10.2 Å². The number of ketones is 1. The molecular formula is C22H13Cl2FN2O3. The summed E-state index contributed by atoms with van der Waals surface area (Å²) in [6, 6.07) is 14.8. The molecule has 0 saturated heterocycles. The fourth-order valence-corrected chi connectivity index (χ4v) is 3.51. The van der Waals surface area contributed by atoms with Gasteiger partial charge in [0.05, 0.1) is 27.8 Å². The second-order valence-electron chi connectivity index (χ2n) is 6.67. The van der Waals surface area contributed by atoms with Gasteiger partial charge in [0, 0.05) is 11.3 Å². The molecule has 0 aromatic heterocycles. The van der Waals surface area contributed by atoms with Crippen LogP contribution in [0.25, 0.3) is 0 Å². The Balaban J connectivity index is 1.59. The maximum Gasteiger partial charge on any atom is 0.299 e. The number of fused-ring (bicyclic) bond motifs is 1. The van der Waals surface area contributed by atoms with E-state index in [1.54, 1.807) is 30.3 Å². The average molecular weight is 443 g/mol. The van der Waals surface area contributed by atoms with Gasteiger partial charge in [0.25, 0.3) is 17.6 Å². The van der Waals surface area contributed by atoms with Crippen LogP contribution in [-0.4, -0.2) is 17.6 Å². The molecule has 0 saturated carbocycles. The van der Waals surface area contributed by atoms with Crippen LogP contribution in [0.1, 0.15) is 26.3 Å². The summed E-state index contributed by atoms with van der Waals surface area (Å²) in [5.41, 5.74) is 1.78. The number of benzene rings is 3. The molecule has 30 heavy (non-hydrogen) atoms. The van der Waals surface area contributed by atoms with Crippen molar-refractivity contribution in [2.45, 2.75) is 6.54 Å². The highest BCUT2D eigenvalue weighted by molar-refractivity contribution is 6.52. The Morgan fingerprint density at radius 2 is 1.77 bits per heavy atom. The van der Waals surface area contributed by atoms with Gasteiger partial charge in [0.15, 0.2) is 0 Å². The van der Waals surface area contributed by atoms with Gasteiger partial charge in [-0.15, -0.1) is 0 Å². The van der Waals surface area contributed by atoms with E-state index in [2.05, 4.69) is 5.32 Å². The lowest BCUT2D eigenvalue weighted by Crippen LogP contribution is -2.29. The number of anilines is 2. The van der Waals surface area contributed by atoms with Gasteiger partial charge in [-0.3, -0.25) is 14.4 Å². The molecule has 2 amide bonds. The minimum atomic E-state index is -0.676. The van der Waals surface area contributed by atoms with Crippen LogP contribution in [0.3, 0.4) is 0 Å². The van der Waals surface area contributed by atoms with Gasteiger partial charge in [0.2, 0.25) is 0 Å². The molecule has 1 aliphatic rings. The molecule has 0 spiro atoms. The fourth-order valence-electron chi connectivity index (χ4n) is 3.19. The summed E-state index contributed by atoms with van der Waals surface area (Å²) in [5, 5.41) is 3.35. The summed E-state index contributed by atoms with van der Waals surface area (Å²) >= 11 is 11.9. The van der Waals surface area contributed by atoms with E-state index in [-0.39, 0.29) is 17.7 Å². The Bertz CT molecular complexity index is 1210. The lowest BCUT2D eigenvalue weighted by atomic mass is 10.1. The van der Waals surface area contributed by atoms with Crippen molar-refractivity contribution in [2.75, 3.05) is 10.2 Å². The molecule has 3 aromatic carbocycles. The quantitative estimate of drug-likeness (QED) is 0.570. The van der Waals surface area contributed by atoms with E-state index in [9.17, 15) is 18.8 Å². The topological polar surface area (TPSA) is 66.5 Å². The van der Waals surface area contributed by atoms with Crippen molar-refractivity contribution in [1.82, 2.24) is 0 Å². The highest BCUT2D eigenvalue weighted by Gasteiger charge is 2.36. The molecule has 8 heteroatoms. The summed E-state index contributed by atoms with van der Waals surface area (Å²) in [6.45, 7) is 0.142. The number of halogens is 3. The predicted octanol–water partition coefficient (Wildman–Crippen LogP) is 5.11. The maximum atomic E-state index is 13.3. The van der Waals surface area contributed by atoms with Crippen LogP contribution in [0.4, 0.5) is 15.8 Å². The van der Waals surface area contributed by atoms with Gasteiger partial charge in [-0.2, -0.15) is 0 Å². The normalized spacial score (nSPS) is 12.8. The zero-order valence-corrected chi connectivity index (χ0v) is 16.8. The number of hydrogen-bond donors (Lipinski definition) is 1. The van der Waals surface area contributed by atoms with Crippen LogP contribution in [0.5, 0.6) is 0 Å². The van der Waals surface area contributed by atoms with E-state index in [0.717, 1.165) is 6.07 Å². The van der Waals surface area contributed by atoms with Crippen LogP contribution in [0, 0.1) is 5.82 Å². The molecule has 150 valence electrons. The Hall–Kier alpha value is -3.22. The first-order valence-corrected chi connectivity index (χ1v) is 9.60. The number of rotatable bonds is 4. The number of carbonyl (C=O) groups is 3. The second kappa shape index (κ2) is 7.89. The van der Waals surface area contributed by atoms with E-state index in [1.807, 2.05) is 0 Å². The van der Waals surface area contributed by atoms with E-state index in [0.29, 0.717) is 27.0 Å². The molecule has 3 aromatic rings. The van der Waals surface area contributed by atoms with Gasteiger partial charge >= 0.3 is 0 Å². The molecule has 0 unspecified atom stereocenters. The SMILES string of the molecule is O=C(Nc1ccc2c(c1)C(=O)C(=O)N2Cc1ccc(Cl)c(Cl)c1)c1cccc(F)c1. The molecule has 0 radical (unpaired) electrons. The van der Waals surface area contributed by atoms with Crippen LogP contribution in [-0.2, 0) is 11.3 Å². The fraction of sp³-hybridized carbons (Fsp3) is 0.0455. The smallest absolute Gasteiger partial charge is 0.299 e. The van der Waals surface area contributed by atoms with Crippen LogP contribution >= 0.6 is 23.2 Å². The third kappa shape index (κ3) is 3.79. The first kappa shape index (κ1) is 20.1. The monoisotopic (exact) mass is 442 g/mol. The number of nitrogens with one attached hydrogen (secondary N) is 1. The molecular weight excluding hydrogens is 430 g/mol. The summed E-state index contributed by atoms with van der Waals surface area (Å²) in [6.07, 6.45) is 0. The third-order valence-corrected chi connectivity index (χ3v) is 5.38. The molecule has 1 heterocycles. The Kier molecular flexibility index (Phi) is 5.28. The molecule has 0 fully saturated rings. The highest BCUT2D eigenvalue weighted by atomic mass is 35.5. The van der Waals surface area contributed by atoms with Gasteiger partial charge < -0.3 is 10.2 Å². The number of Topliss-reactive ketones (excluding diaryl/α,β-unsaturated/α-hetero) is 1. The maximum absolute atomic E-state index is 13.3. The number of carbonyl (C=O) groups excluding carboxylic acids is 3. The van der Waals surface area contributed by atoms with E-state index < -0.39 is 23.4 Å². The minimum absolute atomic E-state index is 0.138. The van der Waals surface area contributed by atoms with Crippen molar-refractivity contribution in [3.8, 4) is 0 Å². The zero-order chi connectivity index (χ0) is 21.4. The van der Waals surface area contributed by atoms with Crippen molar-refractivity contribution in [3.63, 3.8) is 0 Å². The Labute approximate surface area is 181 Å². The number of amides is 2. The van der Waals surface area contributed by atoms with Crippen molar-refractivity contribution in [1.29, 1.82) is 0 Å². The van der Waals surface area contributed by atoms with Crippen LogP contribution in [0.15, 0.2) is 60.7 Å². The van der Waals surface area contributed by atoms with E-state index in [1.165, 1.54) is 29.2 Å². The van der Waals surface area contributed by atoms with E-state index >= 15 is 0 Å². The average Bonchev–Trinajstić information content (AvgIpc) is 2.95. The Morgan fingerprint density at radius 3 is 2.50 bits per heavy atom.